The van der Waals surface area contributed by atoms with Gasteiger partial charge in [0.25, 0.3) is 11.5 Å². The van der Waals surface area contributed by atoms with Gasteiger partial charge in [0, 0.05) is 30.2 Å². The van der Waals surface area contributed by atoms with Crippen molar-refractivity contribution in [3.05, 3.63) is 69.8 Å². The molecule has 2 aromatic carbocycles. The molecule has 41 heavy (non-hydrogen) atoms. The molecule has 1 N–H and O–H groups in total. The molecule has 1 aliphatic heterocycles. The number of carbonyl (C=O) groups excluding carboxylic acids is 1. The zero-order valence-electron chi connectivity index (χ0n) is 23.1. The second-order valence-electron chi connectivity index (χ2n) is 10.1. The van der Waals surface area contributed by atoms with E-state index in [4.69, 9.17) is 13.9 Å². The Morgan fingerprint density at radius 3 is 2.46 bits per heavy atom. The van der Waals surface area contributed by atoms with Gasteiger partial charge >= 0.3 is 0 Å². The molecule has 0 saturated carbocycles. The van der Waals surface area contributed by atoms with Gasteiger partial charge in [-0.25, -0.2) is 19.5 Å². The fraction of sp³-hybridized carbons (Fsp3) is 0.345. The topological polar surface area (TPSA) is 121 Å². The van der Waals surface area contributed by atoms with Crippen molar-refractivity contribution in [3.63, 3.8) is 0 Å². The van der Waals surface area contributed by atoms with Crippen molar-refractivity contribution < 1.29 is 27.5 Å². The quantitative estimate of drug-likeness (QED) is 0.279. The number of fused-ring (bicyclic) bond motifs is 1. The predicted molar refractivity (Wildman–Crippen MR) is 147 cm³/mol. The number of methoxy groups -OCH3 is 1. The lowest BCUT2D eigenvalue weighted by Gasteiger charge is -2.18. The number of hydrazone groups is 1. The van der Waals surface area contributed by atoms with Crippen LogP contribution in [0, 0.1) is 17.0 Å². The minimum absolute atomic E-state index is 0.0909. The number of aromatic nitrogens is 3. The van der Waals surface area contributed by atoms with Crippen LogP contribution in [0.25, 0.3) is 22.4 Å². The van der Waals surface area contributed by atoms with Gasteiger partial charge in [0.2, 0.25) is 5.82 Å². The molecule has 0 aliphatic carbocycles. The van der Waals surface area contributed by atoms with Crippen LogP contribution in [0.5, 0.6) is 11.5 Å². The monoisotopic (exact) mass is 565 g/mol. The number of unbranched alkanes of at least 4 members (excludes halogenated alkanes) is 1. The van der Waals surface area contributed by atoms with Crippen molar-refractivity contribution in [3.8, 4) is 22.8 Å². The zero-order valence-corrected chi connectivity index (χ0v) is 23.1. The fourth-order valence-corrected chi connectivity index (χ4v) is 4.56. The number of aryl methyl sites for hydroxylation is 2. The summed E-state index contributed by atoms with van der Waals surface area (Å²) in [4.78, 5) is 28.9. The van der Waals surface area contributed by atoms with Crippen LogP contribution in [-0.4, -0.2) is 40.1 Å². The number of hydrogen-bond acceptors (Lipinski definition) is 8. The van der Waals surface area contributed by atoms with E-state index in [0.29, 0.717) is 53.3 Å². The van der Waals surface area contributed by atoms with E-state index in [1.165, 1.54) is 22.9 Å². The number of oxazole rings is 1. The molecule has 0 radical (unpaired) electrons. The molecule has 0 bridgehead atoms. The fourth-order valence-electron chi connectivity index (χ4n) is 4.56. The molecule has 0 spiro atoms. The number of halogens is 2. The first-order chi connectivity index (χ1) is 19.6. The lowest BCUT2D eigenvalue weighted by atomic mass is 9.83. The third-order valence-corrected chi connectivity index (χ3v) is 6.97. The van der Waals surface area contributed by atoms with E-state index >= 15 is 0 Å². The molecule has 5 rings (SSSR count). The molecule has 12 heteroatoms. The minimum atomic E-state index is -1.16. The Balaban J connectivity index is 1.24. The summed E-state index contributed by atoms with van der Waals surface area (Å²) >= 11 is 0. The first-order valence-corrected chi connectivity index (χ1v) is 13.2. The molecule has 10 nitrogen and oxygen atoms in total. The highest BCUT2D eigenvalue weighted by Crippen LogP contribution is 2.34. The van der Waals surface area contributed by atoms with Gasteiger partial charge in [-0.2, -0.15) is 14.6 Å². The summed E-state index contributed by atoms with van der Waals surface area (Å²) in [6.07, 6.45) is 1.56. The van der Waals surface area contributed by atoms with Crippen molar-refractivity contribution in [2.45, 2.75) is 46.6 Å². The molecule has 0 atom stereocenters. The number of nitrogens with one attached hydrogen (secondary N) is 1. The number of benzene rings is 2. The maximum absolute atomic E-state index is 14.8. The number of ether oxygens (including phenoxy) is 2. The standard InChI is InChI=1S/C29H29F2N5O5/c1-5-21-32-25-20(39-4)12-8-16(26(25)41-21)18-10-13-22(37)36(35-18)14-6-7-15-40-19-11-9-17(23(30)24(19)31)27-29(2,3)28(38)34-33-27/h8-13H,5-7,14-15H2,1-4H3,(H,34,38). The summed E-state index contributed by atoms with van der Waals surface area (Å²) in [5, 5.41) is 8.38. The van der Waals surface area contributed by atoms with Crippen molar-refractivity contribution in [1.29, 1.82) is 0 Å². The van der Waals surface area contributed by atoms with Crippen LogP contribution >= 0.6 is 0 Å². The zero-order chi connectivity index (χ0) is 29.3. The third-order valence-electron chi connectivity index (χ3n) is 6.97. The molecular formula is C29H29F2N5O5. The minimum Gasteiger partial charge on any atom is -0.494 e. The highest BCUT2D eigenvalue weighted by atomic mass is 19.2. The van der Waals surface area contributed by atoms with Gasteiger partial charge in [0.1, 0.15) is 5.75 Å². The van der Waals surface area contributed by atoms with Crippen molar-refractivity contribution in [2.75, 3.05) is 13.7 Å². The first-order valence-electron chi connectivity index (χ1n) is 13.2. The van der Waals surface area contributed by atoms with E-state index in [9.17, 15) is 18.4 Å². The van der Waals surface area contributed by atoms with Crippen LogP contribution in [0.3, 0.4) is 0 Å². The molecular weight excluding hydrogens is 536 g/mol. The maximum Gasteiger partial charge on any atom is 0.266 e. The molecule has 1 aliphatic rings. The summed E-state index contributed by atoms with van der Waals surface area (Å²) in [7, 11) is 1.56. The van der Waals surface area contributed by atoms with Gasteiger partial charge in [0.15, 0.2) is 28.6 Å². The second-order valence-corrected chi connectivity index (χ2v) is 10.1. The van der Waals surface area contributed by atoms with Gasteiger partial charge in [-0.1, -0.05) is 6.92 Å². The van der Waals surface area contributed by atoms with Crippen molar-refractivity contribution in [2.24, 2.45) is 10.5 Å². The van der Waals surface area contributed by atoms with Gasteiger partial charge < -0.3 is 13.9 Å². The van der Waals surface area contributed by atoms with Crippen LogP contribution in [0.4, 0.5) is 8.78 Å². The number of carbonyl (C=O) groups is 1. The van der Waals surface area contributed by atoms with E-state index in [-0.39, 0.29) is 35.7 Å². The van der Waals surface area contributed by atoms with E-state index in [1.54, 1.807) is 33.1 Å². The number of amides is 1. The van der Waals surface area contributed by atoms with Gasteiger partial charge in [0.05, 0.1) is 30.5 Å². The lowest BCUT2D eigenvalue weighted by Crippen LogP contribution is -2.33. The summed E-state index contributed by atoms with van der Waals surface area (Å²) in [5.74, 6) is -1.80. The average Bonchev–Trinajstić information content (AvgIpc) is 3.51. The average molecular weight is 566 g/mol. The molecule has 0 fully saturated rings. The Morgan fingerprint density at radius 2 is 1.76 bits per heavy atom. The normalized spacial score (nSPS) is 14.3. The number of hydrogen-bond donors (Lipinski definition) is 1. The van der Waals surface area contributed by atoms with Crippen LogP contribution in [0.2, 0.25) is 0 Å². The molecule has 2 aromatic heterocycles. The Kier molecular flexibility index (Phi) is 7.57. The Hall–Kier alpha value is -4.61. The highest BCUT2D eigenvalue weighted by molar-refractivity contribution is 6.19. The first kappa shape index (κ1) is 27.9. The summed E-state index contributed by atoms with van der Waals surface area (Å²) in [6.45, 7) is 5.48. The second kappa shape index (κ2) is 11.1. The molecule has 0 saturated heterocycles. The van der Waals surface area contributed by atoms with Crippen LogP contribution in [0.15, 0.2) is 50.7 Å². The van der Waals surface area contributed by atoms with E-state index in [0.717, 1.165) is 0 Å². The maximum atomic E-state index is 14.8. The predicted octanol–water partition coefficient (Wildman–Crippen LogP) is 4.62. The third kappa shape index (κ3) is 5.17. The summed E-state index contributed by atoms with van der Waals surface area (Å²) in [6, 6.07) is 9.31. The molecule has 1 amide bonds. The number of rotatable bonds is 10. The van der Waals surface area contributed by atoms with Crippen LogP contribution in [0.1, 0.15) is 45.1 Å². The summed E-state index contributed by atoms with van der Waals surface area (Å²) in [5.41, 5.74) is 3.28. The van der Waals surface area contributed by atoms with Crippen molar-refractivity contribution >= 4 is 22.7 Å². The largest absolute Gasteiger partial charge is 0.494 e. The Morgan fingerprint density at radius 1 is 1.00 bits per heavy atom. The molecule has 4 aromatic rings. The van der Waals surface area contributed by atoms with Gasteiger partial charge in [-0.05, 0) is 57.0 Å². The lowest BCUT2D eigenvalue weighted by molar-refractivity contribution is -0.125. The molecule has 0 unspecified atom stereocenters. The Labute approximate surface area is 234 Å². The summed E-state index contributed by atoms with van der Waals surface area (Å²) < 4.78 is 47.7. The highest BCUT2D eigenvalue weighted by Gasteiger charge is 2.41. The van der Waals surface area contributed by atoms with Crippen LogP contribution in [-0.2, 0) is 17.8 Å². The molecule has 214 valence electrons. The Bertz CT molecular complexity index is 1730. The van der Waals surface area contributed by atoms with Gasteiger partial charge in [-0.3, -0.25) is 9.59 Å². The SMILES string of the molecule is CCc1nc2c(OC)ccc(-c3ccc(=O)n(CCCCOc4ccc(C5=NNC(=O)C5(C)C)c(F)c4F)n3)c2o1. The van der Waals surface area contributed by atoms with Crippen LogP contribution < -0.4 is 20.5 Å². The van der Waals surface area contributed by atoms with Gasteiger partial charge in [-0.15, -0.1) is 0 Å². The van der Waals surface area contributed by atoms with Crippen molar-refractivity contribution in [1.82, 2.24) is 20.2 Å². The smallest absolute Gasteiger partial charge is 0.266 e. The van der Waals surface area contributed by atoms with E-state index in [1.807, 2.05) is 13.0 Å². The number of nitrogens with zero attached hydrogens (tertiary/aromatic N) is 4. The molecule has 3 heterocycles. The van der Waals surface area contributed by atoms with E-state index < -0.39 is 23.0 Å². The van der Waals surface area contributed by atoms with E-state index in [2.05, 4.69) is 20.6 Å².